The van der Waals surface area contributed by atoms with Gasteiger partial charge in [-0.05, 0) is 69.4 Å². The molecule has 1 heterocycles. The average Bonchev–Trinajstić information content (AvgIpc) is 3.46. The van der Waals surface area contributed by atoms with Crippen LogP contribution in [0.3, 0.4) is 0 Å². The van der Waals surface area contributed by atoms with Gasteiger partial charge in [0.05, 0.1) is 31.4 Å². The molecule has 2 atom stereocenters. The summed E-state index contributed by atoms with van der Waals surface area (Å²) in [6, 6.07) is 7.28. The molecule has 0 amide bonds. The van der Waals surface area contributed by atoms with Gasteiger partial charge in [-0.15, -0.1) is 0 Å². The normalized spacial score (nSPS) is 17.6. The Kier molecular flexibility index (Phi) is 7.66. The zero-order valence-corrected chi connectivity index (χ0v) is 23.6. The van der Waals surface area contributed by atoms with E-state index >= 15 is 0 Å². The summed E-state index contributed by atoms with van der Waals surface area (Å²) in [5, 5.41) is 14.0. The van der Waals surface area contributed by atoms with E-state index in [4.69, 9.17) is 19.9 Å². The number of alkyl halides is 2. The predicted octanol–water partition coefficient (Wildman–Crippen LogP) is 5.76. The first-order valence-electron chi connectivity index (χ1n) is 13.0. The van der Waals surface area contributed by atoms with Crippen molar-refractivity contribution < 1.29 is 28.1 Å². The molecule has 0 aliphatic heterocycles. The van der Waals surface area contributed by atoms with Gasteiger partial charge in [-0.1, -0.05) is 13.8 Å². The lowest BCUT2D eigenvalue weighted by molar-refractivity contribution is -0.168. The number of nitrogens with zero attached hydrogens (tertiary/aromatic N) is 2. The Morgan fingerprint density at radius 2 is 1.82 bits per heavy atom. The topological polar surface area (TPSA) is 112 Å². The van der Waals surface area contributed by atoms with E-state index in [1.807, 2.05) is 6.92 Å². The van der Waals surface area contributed by atoms with Crippen LogP contribution in [0, 0.1) is 12.3 Å². The van der Waals surface area contributed by atoms with Crippen LogP contribution in [0.25, 0.3) is 10.9 Å². The van der Waals surface area contributed by atoms with E-state index in [0.29, 0.717) is 52.8 Å². The van der Waals surface area contributed by atoms with E-state index in [9.17, 15) is 13.9 Å². The molecule has 0 radical (unpaired) electrons. The van der Waals surface area contributed by atoms with Gasteiger partial charge in [-0.25, -0.2) is 9.97 Å². The molecule has 1 aliphatic carbocycles. The van der Waals surface area contributed by atoms with Crippen molar-refractivity contribution in [1.29, 1.82) is 0 Å². The zero-order chi connectivity index (χ0) is 28.8. The average molecular weight is 545 g/mol. The van der Waals surface area contributed by atoms with Gasteiger partial charge in [-0.2, -0.15) is 8.78 Å². The molecule has 1 saturated carbocycles. The Bertz CT molecular complexity index is 1360. The zero-order valence-electron chi connectivity index (χ0n) is 23.6. The summed E-state index contributed by atoms with van der Waals surface area (Å²) in [5.74, 6) is -1.43. The highest BCUT2D eigenvalue weighted by Gasteiger charge is 2.47. The van der Waals surface area contributed by atoms with Crippen molar-refractivity contribution in [3.05, 3.63) is 47.3 Å². The van der Waals surface area contributed by atoms with Crippen LogP contribution in [-0.2, 0) is 10.7 Å². The summed E-state index contributed by atoms with van der Waals surface area (Å²) in [6.45, 7) is 10.9. The number of ether oxygens (including phenoxy) is 3. The molecule has 3 aromatic rings. The van der Waals surface area contributed by atoms with Gasteiger partial charge in [0, 0.05) is 22.7 Å². The molecular formula is C29H38F2N4O4. The summed E-state index contributed by atoms with van der Waals surface area (Å²) in [7, 11) is 1.56. The molecule has 212 valence electrons. The minimum absolute atomic E-state index is 0.168. The second-order valence-corrected chi connectivity index (χ2v) is 11.4. The van der Waals surface area contributed by atoms with Crippen LogP contribution in [0.2, 0.25) is 0 Å². The van der Waals surface area contributed by atoms with Crippen LogP contribution in [0.4, 0.5) is 20.3 Å². The van der Waals surface area contributed by atoms with E-state index in [1.165, 1.54) is 12.1 Å². The number of fused-ring (bicyclic) bond motifs is 1. The second-order valence-electron chi connectivity index (χ2n) is 11.4. The molecule has 39 heavy (non-hydrogen) atoms. The number of hydrogen-bond acceptors (Lipinski definition) is 8. The van der Waals surface area contributed by atoms with E-state index in [1.54, 1.807) is 32.2 Å². The third-order valence-electron chi connectivity index (χ3n) is 7.14. The minimum Gasteiger partial charge on any atom is -0.493 e. The molecule has 1 aromatic heterocycles. The minimum atomic E-state index is -3.50. The molecule has 10 heteroatoms. The van der Waals surface area contributed by atoms with Crippen molar-refractivity contribution in [1.82, 2.24) is 9.97 Å². The number of nitrogen functional groups attached to an aromatic ring is 1. The maximum atomic E-state index is 14.9. The first-order chi connectivity index (χ1) is 18.1. The van der Waals surface area contributed by atoms with Crippen molar-refractivity contribution in [2.45, 2.75) is 71.6 Å². The molecular weight excluding hydrogens is 506 g/mol. The monoisotopic (exact) mass is 544 g/mol. The summed E-state index contributed by atoms with van der Waals surface area (Å²) in [6.07, 6.45) is 1.30. The fraction of sp³-hybridized carbons (Fsp3) is 0.517. The number of aliphatic hydroxyl groups is 1. The van der Waals surface area contributed by atoms with Crippen LogP contribution in [-0.4, -0.2) is 47.1 Å². The number of methoxy groups -OCH3 is 1. The summed E-state index contributed by atoms with van der Waals surface area (Å²) in [5.41, 5.74) is 4.91. The lowest BCUT2D eigenvalue weighted by atomic mass is 9.91. The van der Waals surface area contributed by atoms with E-state index in [-0.39, 0.29) is 22.8 Å². The maximum absolute atomic E-state index is 14.9. The van der Waals surface area contributed by atoms with Gasteiger partial charge in [0.1, 0.15) is 23.9 Å². The highest BCUT2D eigenvalue weighted by Crippen LogP contribution is 2.47. The summed E-state index contributed by atoms with van der Waals surface area (Å²) in [4.78, 5) is 9.12. The molecule has 4 rings (SSSR count). The standard InChI is InChI=1S/C29H38F2N4O4/c1-16(18-10-19(12-20(32)11-18)29(30,31)28(5,6)36)33-26-21-13-24(38-8-9-39-25-15-27(25,3)4)23(37-7)14-22(21)34-17(2)35-26/h10-14,16,25,36H,8-9,15,32H2,1-7H3,(H,33,34,35)/t16-,25-/m1/s1. The fourth-order valence-corrected chi connectivity index (χ4v) is 4.43. The smallest absolute Gasteiger partial charge is 0.300 e. The number of aromatic nitrogens is 2. The van der Waals surface area contributed by atoms with Gasteiger partial charge >= 0.3 is 5.92 Å². The lowest BCUT2D eigenvalue weighted by Crippen LogP contribution is -2.40. The molecule has 4 N–H and O–H groups in total. The SMILES string of the molecule is COc1cc2nc(C)nc(N[C@H](C)c3cc(N)cc(C(F)(F)C(C)(C)O)c3)c2cc1OCCO[C@@H]1CC1(C)C. The molecule has 0 spiro atoms. The Balaban J connectivity index is 1.61. The van der Waals surface area contributed by atoms with Crippen molar-refractivity contribution in [3.8, 4) is 11.5 Å². The first kappa shape index (κ1) is 28.8. The highest BCUT2D eigenvalue weighted by molar-refractivity contribution is 5.92. The number of hydrogen-bond donors (Lipinski definition) is 3. The number of nitrogens with one attached hydrogen (secondary N) is 1. The number of rotatable bonds is 11. The summed E-state index contributed by atoms with van der Waals surface area (Å²) >= 11 is 0. The molecule has 8 nitrogen and oxygen atoms in total. The van der Waals surface area contributed by atoms with Crippen molar-refractivity contribution in [2.24, 2.45) is 5.41 Å². The Labute approximate surface area is 227 Å². The first-order valence-corrected chi connectivity index (χ1v) is 13.0. The Morgan fingerprint density at radius 1 is 1.13 bits per heavy atom. The van der Waals surface area contributed by atoms with Gasteiger partial charge < -0.3 is 30.4 Å². The van der Waals surface area contributed by atoms with Crippen LogP contribution >= 0.6 is 0 Å². The van der Waals surface area contributed by atoms with Crippen molar-refractivity contribution in [3.63, 3.8) is 0 Å². The number of halogens is 2. The molecule has 1 fully saturated rings. The second kappa shape index (κ2) is 10.4. The van der Waals surface area contributed by atoms with Crippen molar-refractivity contribution in [2.75, 3.05) is 31.4 Å². The lowest BCUT2D eigenvalue weighted by Gasteiger charge is -2.30. The third kappa shape index (κ3) is 6.17. The van der Waals surface area contributed by atoms with E-state index in [2.05, 4.69) is 29.1 Å². The molecule has 1 aliphatic rings. The number of nitrogens with two attached hydrogens (primary N) is 1. The number of benzene rings is 2. The van der Waals surface area contributed by atoms with Crippen LogP contribution in [0.5, 0.6) is 11.5 Å². The van der Waals surface area contributed by atoms with Crippen LogP contribution in [0.15, 0.2) is 30.3 Å². The quantitative estimate of drug-likeness (QED) is 0.206. The maximum Gasteiger partial charge on any atom is 0.300 e. The Morgan fingerprint density at radius 3 is 2.44 bits per heavy atom. The summed E-state index contributed by atoms with van der Waals surface area (Å²) < 4.78 is 47.3. The van der Waals surface area contributed by atoms with Crippen LogP contribution < -0.4 is 20.5 Å². The Hall–Kier alpha value is -3.24. The van der Waals surface area contributed by atoms with Gasteiger partial charge in [0.15, 0.2) is 11.5 Å². The van der Waals surface area contributed by atoms with E-state index in [0.717, 1.165) is 20.3 Å². The largest absolute Gasteiger partial charge is 0.493 e. The number of anilines is 2. The van der Waals surface area contributed by atoms with E-state index < -0.39 is 17.6 Å². The molecule has 0 bridgehead atoms. The molecule has 0 saturated heterocycles. The van der Waals surface area contributed by atoms with Crippen LogP contribution in [0.1, 0.15) is 64.0 Å². The van der Waals surface area contributed by atoms with Gasteiger partial charge in [0.25, 0.3) is 0 Å². The fourth-order valence-electron chi connectivity index (χ4n) is 4.43. The van der Waals surface area contributed by atoms with Crippen molar-refractivity contribution >= 4 is 22.4 Å². The van der Waals surface area contributed by atoms with Gasteiger partial charge in [-0.3, -0.25) is 0 Å². The highest BCUT2D eigenvalue weighted by atomic mass is 19.3. The molecule has 2 aromatic carbocycles. The third-order valence-corrected chi connectivity index (χ3v) is 7.14. The molecule has 0 unspecified atom stereocenters. The predicted molar refractivity (Wildman–Crippen MR) is 148 cm³/mol. The van der Waals surface area contributed by atoms with Gasteiger partial charge in [0.2, 0.25) is 0 Å². The number of aryl methyl sites for hydroxylation is 1.